The highest BCUT2D eigenvalue weighted by Crippen LogP contribution is 2.33. The molecule has 1 aliphatic rings. The van der Waals surface area contributed by atoms with E-state index in [0.29, 0.717) is 6.04 Å². The van der Waals surface area contributed by atoms with Crippen LogP contribution in [-0.2, 0) is 0 Å². The maximum Gasteiger partial charge on any atom is 0.118 e. The van der Waals surface area contributed by atoms with Crippen molar-refractivity contribution < 1.29 is 4.74 Å². The Morgan fingerprint density at radius 1 is 1.10 bits per heavy atom. The monoisotopic (exact) mass is 276 g/mol. The molecule has 1 aromatic carbocycles. The number of piperidine rings is 1. The normalized spacial score (nSPS) is 18.8. The fraction of sp³-hybridized carbons (Fsp3) is 0.647. The first-order chi connectivity index (χ1) is 9.59. The van der Waals surface area contributed by atoms with Gasteiger partial charge < -0.3 is 10.1 Å². The molecule has 0 amide bonds. The standard InChI is InChI=1S/C17H28N2O/c1-17(2,19-12-6-5-7-13-19)16(18-3)14-8-10-15(20-4)11-9-14/h8-11,16,18H,5-7,12-13H2,1-4H3. The number of likely N-dealkylation sites (N-methyl/N-ethyl adjacent to an activating group) is 1. The van der Waals surface area contributed by atoms with Gasteiger partial charge in [-0.25, -0.2) is 0 Å². The second-order valence-corrected chi connectivity index (χ2v) is 6.20. The van der Waals surface area contributed by atoms with Gasteiger partial charge in [0.25, 0.3) is 0 Å². The van der Waals surface area contributed by atoms with Crippen molar-refractivity contribution in [3.63, 3.8) is 0 Å². The van der Waals surface area contributed by atoms with Crippen LogP contribution in [0.1, 0.15) is 44.7 Å². The summed E-state index contributed by atoms with van der Waals surface area (Å²) in [6.45, 7) is 7.12. The average Bonchev–Trinajstić information content (AvgIpc) is 2.49. The topological polar surface area (TPSA) is 24.5 Å². The number of hydrogen-bond acceptors (Lipinski definition) is 3. The van der Waals surface area contributed by atoms with Crippen molar-refractivity contribution in [2.75, 3.05) is 27.2 Å². The van der Waals surface area contributed by atoms with Gasteiger partial charge in [-0.1, -0.05) is 18.6 Å². The third kappa shape index (κ3) is 3.15. The van der Waals surface area contributed by atoms with Crippen LogP contribution in [-0.4, -0.2) is 37.7 Å². The Labute approximate surface area is 123 Å². The molecule has 0 radical (unpaired) electrons. The van der Waals surface area contributed by atoms with E-state index in [0.717, 1.165) is 5.75 Å². The van der Waals surface area contributed by atoms with E-state index in [-0.39, 0.29) is 5.54 Å². The lowest BCUT2D eigenvalue weighted by atomic mass is 9.85. The molecule has 0 spiro atoms. The maximum absolute atomic E-state index is 5.25. The van der Waals surface area contributed by atoms with Crippen molar-refractivity contribution >= 4 is 0 Å². The molecular weight excluding hydrogens is 248 g/mol. The molecule has 1 N–H and O–H groups in total. The molecule has 1 heterocycles. The predicted octanol–water partition coefficient (Wildman–Crippen LogP) is 3.22. The Morgan fingerprint density at radius 3 is 2.20 bits per heavy atom. The molecule has 20 heavy (non-hydrogen) atoms. The molecule has 1 aliphatic heterocycles. The van der Waals surface area contributed by atoms with E-state index in [1.165, 1.54) is 37.9 Å². The lowest BCUT2D eigenvalue weighted by Crippen LogP contribution is -2.53. The molecule has 0 aromatic heterocycles. The Bertz CT molecular complexity index is 408. The second-order valence-electron chi connectivity index (χ2n) is 6.20. The lowest BCUT2D eigenvalue weighted by Gasteiger charge is -2.46. The van der Waals surface area contributed by atoms with Gasteiger partial charge in [0.1, 0.15) is 5.75 Å². The number of hydrogen-bond donors (Lipinski definition) is 1. The Kier molecular flexibility index (Phi) is 5.06. The fourth-order valence-electron chi connectivity index (χ4n) is 3.38. The predicted molar refractivity (Wildman–Crippen MR) is 84.3 cm³/mol. The second kappa shape index (κ2) is 6.59. The van der Waals surface area contributed by atoms with Gasteiger partial charge in [-0.15, -0.1) is 0 Å². The van der Waals surface area contributed by atoms with Gasteiger partial charge in [0, 0.05) is 11.6 Å². The van der Waals surface area contributed by atoms with Crippen LogP contribution in [0.4, 0.5) is 0 Å². The third-order valence-corrected chi connectivity index (χ3v) is 4.62. The first kappa shape index (κ1) is 15.3. The molecule has 3 heteroatoms. The minimum absolute atomic E-state index is 0.115. The van der Waals surface area contributed by atoms with Crippen LogP contribution in [0.3, 0.4) is 0 Å². The minimum Gasteiger partial charge on any atom is -0.497 e. The first-order valence-corrected chi connectivity index (χ1v) is 7.66. The molecule has 1 saturated heterocycles. The first-order valence-electron chi connectivity index (χ1n) is 7.66. The molecule has 1 fully saturated rings. The van der Waals surface area contributed by atoms with Gasteiger partial charge in [0.05, 0.1) is 7.11 Å². The molecule has 2 rings (SSSR count). The molecule has 1 atom stereocenters. The van der Waals surface area contributed by atoms with Crippen molar-refractivity contribution in [1.82, 2.24) is 10.2 Å². The highest BCUT2D eigenvalue weighted by atomic mass is 16.5. The number of ether oxygens (including phenoxy) is 1. The highest BCUT2D eigenvalue weighted by Gasteiger charge is 2.35. The van der Waals surface area contributed by atoms with E-state index in [1.807, 2.05) is 12.1 Å². The number of rotatable bonds is 5. The summed E-state index contributed by atoms with van der Waals surface area (Å²) >= 11 is 0. The van der Waals surface area contributed by atoms with Crippen LogP contribution >= 0.6 is 0 Å². The van der Waals surface area contributed by atoms with Crippen molar-refractivity contribution in [3.8, 4) is 5.75 Å². The smallest absolute Gasteiger partial charge is 0.118 e. The number of likely N-dealkylation sites (tertiary alicyclic amines) is 1. The van der Waals surface area contributed by atoms with Crippen LogP contribution in [0.2, 0.25) is 0 Å². The highest BCUT2D eigenvalue weighted by molar-refractivity contribution is 5.30. The van der Waals surface area contributed by atoms with E-state index in [2.05, 4.69) is 43.2 Å². The summed E-state index contributed by atoms with van der Waals surface area (Å²) in [6, 6.07) is 8.77. The Hall–Kier alpha value is -1.06. The zero-order valence-electron chi connectivity index (χ0n) is 13.3. The lowest BCUT2D eigenvalue weighted by molar-refractivity contribution is 0.0632. The van der Waals surface area contributed by atoms with E-state index >= 15 is 0 Å². The molecular formula is C17H28N2O. The molecule has 0 bridgehead atoms. The fourth-order valence-corrected chi connectivity index (χ4v) is 3.38. The van der Waals surface area contributed by atoms with E-state index < -0.39 is 0 Å². The van der Waals surface area contributed by atoms with Crippen LogP contribution in [0.25, 0.3) is 0 Å². The van der Waals surface area contributed by atoms with Crippen LogP contribution < -0.4 is 10.1 Å². The van der Waals surface area contributed by atoms with Gasteiger partial charge in [-0.3, -0.25) is 4.90 Å². The van der Waals surface area contributed by atoms with E-state index in [1.54, 1.807) is 7.11 Å². The molecule has 112 valence electrons. The molecule has 3 nitrogen and oxygen atoms in total. The molecule has 0 aliphatic carbocycles. The number of benzene rings is 1. The van der Waals surface area contributed by atoms with Crippen LogP contribution in [0, 0.1) is 0 Å². The number of methoxy groups -OCH3 is 1. The average molecular weight is 276 g/mol. The summed E-state index contributed by atoms with van der Waals surface area (Å²) in [5, 5.41) is 3.51. The zero-order chi connectivity index (χ0) is 14.6. The summed E-state index contributed by atoms with van der Waals surface area (Å²) < 4.78 is 5.25. The van der Waals surface area contributed by atoms with Gasteiger partial charge >= 0.3 is 0 Å². The number of nitrogens with zero attached hydrogens (tertiary/aromatic N) is 1. The Morgan fingerprint density at radius 2 is 1.70 bits per heavy atom. The maximum atomic E-state index is 5.25. The summed E-state index contributed by atoms with van der Waals surface area (Å²) in [6.07, 6.45) is 4.02. The van der Waals surface area contributed by atoms with Gasteiger partial charge in [0.2, 0.25) is 0 Å². The molecule has 1 aromatic rings. The Balaban J connectivity index is 2.20. The van der Waals surface area contributed by atoms with Crippen molar-refractivity contribution in [2.45, 2.75) is 44.7 Å². The summed E-state index contributed by atoms with van der Waals surface area (Å²) in [7, 11) is 3.77. The van der Waals surface area contributed by atoms with Crippen molar-refractivity contribution in [3.05, 3.63) is 29.8 Å². The van der Waals surface area contributed by atoms with Crippen LogP contribution in [0.5, 0.6) is 5.75 Å². The van der Waals surface area contributed by atoms with E-state index in [9.17, 15) is 0 Å². The summed E-state index contributed by atoms with van der Waals surface area (Å²) in [5.74, 6) is 0.916. The summed E-state index contributed by atoms with van der Waals surface area (Å²) in [4.78, 5) is 2.63. The minimum atomic E-state index is 0.115. The van der Waals surface area contributed by atoms with Crippen molar-refractivity contribution in [1.29, 1.82) is 0 Å². The van der Waals surface area contributed by atoms with E-state index in [4.69, 9.17) is 4.74 Å². The van der Waals surface area contributed by atoms with Gasteiger partial charge in [-0.2, -0.15) is 0 Å². The SMILES string of the molecule is CNC(c1ccc(OC)cc1)C(C)(C)N1CCCCC1. The summed E-state index contributed by atoms with van der Waals surface area (Å²) in [5.41, 5.74) is 1.44. The van der Waals surface area contributed by atoms with Crippen LogP contribution in [0.15, 0.2) is 24.3 Å². The molecule has 0 saturated carbocycles. The molecule has 1 unspecified atom stereocenters. The van der Waals surface area contributed by atoms with Gasteiger partial charge in [-0.05, 0) is 64.5 Å². The quantitative estimate of drug-likeness (QED) is 0.893. The zero-order valence-corrected chi connectivity index (χ0v) is 13.3. The number of nitrogens with one attached hydrogen (secondary N) is 1. The third-order valence-electron chi connectivity index (χ3n) is 4.62. The van der Waals surface area contributed by atoms with Crippen molar-refractivity contribution in [2.24, 2.45) is 0 Å². The van der Waals surface area contributed by atoms with Gasteiger partial charge in [0.15, 0.2) is 0 Å². The largest absolute Gasteiger partial charge is 0.497 e.